The Hall–Kier alpha value is -0.397. The molecule has 1 unspecified atom stereocenters. The Morgan fingerprint density at radius 1 is 0.923 bits per heavy atom. The zero-order chi connectivity index (χ0) is 26.9. The van der Waals surface area contributed by atoms with Crippen molar-refractivity contribution in [1.29, 1.82) is 0 Å². The number of β-lactam (4-membered cyclic amide) rings is 1. The Bertz CT molecular complexity index is 1300. The number of carboxylic acids is 1. The van der Waals surface area contributed by atoms with Gasteiger partial charge in [0.15, 0.2) is 0 Å². The second-order valence-electron chi connectivity index (χ2n) is 9.08. The van der Waals surface area contributed by atoms with E-state index in [1.54, 1.807) is 48.5 Å². The molecule has 1 fully saturated rings. The fourth-order valence-corrected chi connectivity index (χ4v) is 6.29. The number of anilines is 2. The van der Waals surface area contributed by atoms with Crippen LogP contribution < -0.4 is 113 Å². The summed E-state index contributed by atoms with van der Waals surface area (Å²) in [6.07, 6.45) is -1.92. The molecule has 5 N–H and O–H groups in total. The summed E-state index contributed by atoms with van der Waals surface area (Å²) in [7, 11) is 0. The number of benzene rings is 2. The molecule has 1 saturated heterocycles. The summed E-state index contributed by atoms with van der Waals surface area (Å²) in [4.78, 5) is 47.7. The molecule has 0 saturated carbocycles. The van der Waals surface area contributed by atoms with E-state index in [1.165, 1.54) is 30.5 Å². The number of rotatable bonds is 9. The summed E-state index contributed by atoms with van der Waals surface area (Å²) in [5.41, 5.74) is 2.06. The third-order valence-corrected chi connectivity index (χ3v) is 7.69. The number of carbonyl (C=O) groups excluding carboxylic acids is 3. The van der Waals surface area contributed by atoms with Crippen LogP contribution in [0.5, 0.6) is 0 Å². The van der Waals surface area contributed by atoms with Crippen LogP contribution in [0, 0.1) is 0 Å². The van der Waals surface area contributed by atoms with Crippen molar-refractivity contribution in [2.24, 2.45) is 0 Å². The number of carbonyl (C=O) groups is 4. The Balaban J connectivity index is 0.00000400. The van der Waals surface area contributed by atoms with Crippen LogP contribution in [0.3, 0.4) is 0 Å². The normalized spacial score (nSPS) is 19.1. The predicted octanol–water partition coefficient (Wildman–Crippen LogP) is -2.64. The second-order valence-corrected chi connectivity index (χ2v) is 10.5. The molecule has 2 aromatic rings. The number of aliphatic hydroxyl groups excluding tert-OH is 2. The first kappa shape index (κ1) is 34.8. The van der Waals surface area contributed by atoms with E-state index in [0.717, 1.165) is 0 Å². The van der Waals surface area contributed by atoms with Gasteiger partial charge in [0.25, 0.3) is 0 Å². The third-order valence-electron chi connectivity index (χ3n) is 6.21. The van der Waals surface area contributed by atoms with Crippen LogP contribution in [0.4, 0.5) is 11.4 Å². The van der Waals surface area contributed by atoms with Crippen LogP contribution in [-0.2, 0) is 19.2 Å². The summed E-state index contributed by atoms with van der Waals surface area (Å²) in [6, 6.07) is 13.2. The maximum absolute atomic E-state index is 12.5. The number of aliphatic carboxylic acids is 1. The molecule has 3 atom stereocenters. The van der Waals surface area contributed by atoms with E-state index in [4.69, 9.17) is 0 Å². The van der Waals surface area contributed by atoms with E-state index in [0.29, 0.717) is 27.4 Å². The standard InChI is InChI=1S/C26H27N3O7S.2K.2H/c1-14(30)27-18-7-3-16(4-8-18)20(32)11-22-24(25(35)36)29-23(34)13-26(29,37-22)12-21(33)17-5-9-19(10-6-17)28-15(2)31;;;;/h3-10,20-21,32-33H,11-13H2,1-2H3,(H,27,30)(H,28,31)(H,35,36);;;;/q;2*+1;2*-1/t20-,21-,26?;;;;/m0..../s1. The Morgan fingerprint density at radius 2 is 1.38 bits per heavy atom. The molecular formula is C26H29K2N3O7S. The molecule has 2 heterocycles. The fraction of sp³-hybridized carbons (Fsp3) is 0.308. The van der Waals surface area contributed by atoms with Gasteiger partial charge in [-0.2, -0.15) is 0 Å². The molecule has 2 aromatic carbocycles. The minimum absolute atomic E-state index is 0. The van der Waals surface area contributed by atoms with Crippen molar-refractivity contribution in [2.45, 2.75) is 50.2 Å². The molecule has 0 aliphatic carbocycles. The summed E-state index contributed by atoms with van der Waals surface area (Å²) in [5, 5.41) is 37.0. The monoisotopic (exact) mass is 605 g/mol. The number of nitrogens with one attached hydrogen (secondary N) is 2. The van der Waals surface area contributed by atoms with Gasteiger partial charge in [0.2, 0.25) is 17.7 Å². The summed E-state index contributed by atoms with van der Waals surface area (Å²) < 4.78 is 0. The van der Waals surface area contributed by atoms with E-state index in [1.807, 2.05) is 0 Å². The smallest absolute Gasteiger partial charge is 1.00 e. The van der Waals surface area contributed by atoms with E-state index in [9.17, 15) is 34.5 Å². The van der Waals surface area contributed by atoms with Crippen molar-refractivity contribution in [3.05, 3.63) is 70.3 Å². The maximum atomic E-state index is 12.5. The van der Waals surface area contributed by atoms with Gasteiger partial charge in [-0.1, -0.05) is 36.0 Å². The van der Waals surface area contributed by atoms with Gasteiger partial charge < -0.3 is 28.8 Å². The van der Waals surface area contributed by atoms with Gasteiger partial charge in [-0.25, -0.2) is 4.79 Å². The quantitative estimate of drug-likeness (QED) is 0.153. The Labute approximate surface area is 318 Å². The van der Waals surface area contributed by atoms with Crippen molar-refractivity contribution < 1.29 is 140 Å². The minimum Gasteiger partial charge on any atom is -1.00 e. The number of fused-ring (bicyclic) bond motifs is 1. The minimum atomic E-state index is -1.28. The summed E-state index contributed by atoms with van der Waals surface area (Å²) in [5.74, 6) is -2.08. The fourth-order valence-electron chi connectivity index (χ4n) is 4.60. The molecule has 39 heavy (non-hydrogen) atoms. The van der Waals surface area contributed by atoms with E-state index in [-0.39, 0.29) is 148 Å². The first-order valence-corrected chi connectivity index (χ1v) is 12.4. The molecule has 3 amide bonds. The average molecular weight is 606 g/mol. The zero-order valence-corrected chi connectivity index (χ0v) is 29.3. The topological polar surface area (TPSA) is 156 Å². The Morgan fingerprint density at radius 3 is 1.79 bits per heavy atom. The predicted molar refractivity (Wildman–Crippen MR) is 139 cm³/mol. The molecular weight excluding hydrogens is 577 g/mol. The molecule has 13 heteroatoms. The maximum Gasteiger partial charge on any atom is 1.00 e. The molecule has 4 rings (SSSR count). The van der Waals surface area contributed by atoms with Gasteiger partial charge in [-0.15, -0.1) is 0 Å². The number of nitrogens with zero attached hydrogens (tertiary/aromatic N) is 1. The SMILES string of the molecule is CC(=O)Nc1ccc([C@@H](O)CC2=C(C(=O)O)N3C(=O)CC3(C[C@H](O)c3ccc(NC(C)=O)cc3)S2)cc1.[H-].[H-].[K+].[K+]. The Kier molecular flexibility index (Phi) is 13.1. The van der Waals surface area contributed by atoms with Crippen molar-refractivity contribution in [2.75, 3.05) is 10.6 Å². The third kappa shape index (κ3) is 8.12. The largest absolute Gasteiger partial charge is 1.00 e. The molecule has 0 bridgehead atoms. The number of thioether (sulfide) groups is 1. The number of carboxylic acid groups (broad SMARTS) is 1. The van der Waals surface area contributed by atoms with Crippen LogP contribution in [0.2, 0.25) is 0 Å². The van der Waals surface area contributed by atoms with Crippen molar-refractivity contribution in [1.82, 2.24) is 4.90 Å². The summed E-state index contributed by atoms with van der Waals surface area (Å²) >= 11 is 1.19. The van der Waals surface area contributed by atoms with Crippen LogP contribution in [0.1, 0.15) is 59.3 Å². The van der Waals surface area contributed by atoms with Gasteiger partial charge in [-0.3, -0.25) is 19.3 Å². The first-order chi connectivity index (χ1) is 17.5. The molecule has 2 aliphatic heterocycles. The van der Waals surface area contributed by atoms with Gasteiger partial charge in [0.1, 0.15) is 10.6 Å². The van der Waals surface area contributed by atoms with E-state index >= 15 is 0 Å². The average Bonchev–Trinajstić information content (AvgIpc) is 3.06. The molecule has 0 radical (unpaired) electrons. The van der Waals surface area contributed by atoms with Gasteiger partial charge in [0.05, 0.1) is 18.6 Å². The molecule has 10 nitrogen and oxygen atoms in total. The molecule has 0 spiro atoms. The number of hydrogen-bond acceptors (Lipinski definition) is 7. The van der Waals surface area contributed by atoms with Gasteiger partial charge in [0, 0.05) is 43.0 Å². The van der Waals surface area contributed by atoms with Crippen molar-refractivity contribution in [3.8, 4) is 0 Å². The van der Waals surface area contributed by atoms with Crippen molar-refractivity contribution in [3.63, 3.8) is 0 Å². The van der Waals surface area contributed by atoms with Gasteiger partial charge >= 0.3 is 109 Å². The van der Waals surface area contributed by atoms with Gasteiger partial charge in [-0.05, 0) is 35.4 Å². The number of hydrogen-bond donors (Lipinski definition) is 5. The van der Waals surface area contributed by atoms with Crippen LogP contribution in [0.25, 0.3) is 0 Å². The van der Waals surface area contributed by atoms with E-state index in [2.05, 4.69) is 10.6 Å². The summed E-state index contributed by atoms with van der Waals surface area (Å²) in [6.45, 7) is 2.78. The molecule has 0 aromatic heterocycles. The van der Waals surface area contributed by atoms with E-state index < -0.39 is 23.0 Å². The van der Waals surface area contributed by atoms with Crippen LogP contribution in [0.15, 0.2) is 59.1 Å². The zero-order valence-electron chi connectivity index (χ0n) is 24.2. The van der Waals surface area contributed by atoms with Crippen LogP contribution >= 0.6 is 11.8 Å². The first-order valence-electron chi connectivity index (χ1n) is 11.6. The van der Waals surface area contributed by atoms with Crippen LogP contribution in [-0.4, -0.2) is 48.8 Å². The molecule has 2 aliphatic rings. The number of amides is 3. The van der Waals surface area contributed by atoms with Crippen molar-refractivity contribution >= 4 is 46.8 Å². The molecule has 198 valence electrons. The second kappa shape index (κ2) is 14.7. The number of aliphatic hydroxyl groups is 2.